The molecule has 1 aliphatic heterocycles. The molecular formula is C21H19Cl2NO2. The average Bonchev–Trinajstić information content (AvgIpc) is 3.11. The standard InChI is InChI=1S/C21H19Cl2NO2/c1-2-26-21(25)12-9-10-18-15(11-12)13-5-3-6-14(13)20(24-18)19-16(22)7-4-8-17(19)23/h3-5,7-11,13-14,20,24H,2,6H2,1H3/t13-,14+,20-/m1/s1. The molecule has 3 nitrogen and oxygen atoms in total. The molecule has 2 aliphatic rings. The predicted molar refractivity (Wildman–Crippen MR) is 105 cm³/mol. The van der Waals surface area contributed by atoms with Gasteiger partial charge in [0.25, 0.3) is 0 Å². The van der Waals surface area contributed by atoms with E-state index in [0.717, 1.165) is 23.2 Å². The van der Waals surface area contributed by atoms with E-state index in [2.05, 4.69) is 17.5 Å². The van der Waals surface area contributed by atoms with Gasteiger partial charge in [0, 0.05) is 27.2 Å². The third kappa shape index (κ3) is 2.89. The fourth-order valence-electron chi connectivity index (χ4n) is 4.03. The summed E-state index contributed by atoms with van der Waals surface area (Å²) in [5.74, 6) is 0.236. The van der Waals surface area contributed by atoms with Crippen LogP contribution >= 0.6 is 23.2 Å². The summed E-state index contributed by atoms with van der Waals surface area (Å²) in [7, 11) is 0. The largest absolute Gasteiger partial charge is 0.462 e. The fourth-order valence-corrected chi connectivity index (χ4v) is 4.66. The van der Waals surface area contributed by atoms with E-state index >= 15 is 0 Å². The van der Waals surface area contributed by atoms with E-state index in [1.54, 1.807) is 6.07 Å². The lowest BCUT2D eigenvalue weighted by atomic mass is 9.76. The summed E-state index contributed by atoms with van der Waals surface area (Å²) in [5, 5.41) is 4.95. The number of benzene rings is 2. The van der Waals surface area contributed by atoms with Gasteiger partial charge in [0.15, 0.2) is 0 Å². The van der Waals surface area contributed by atoms with E-state index in [-0.39, 0.29) is 17.9 Å². The molecule has 26 heavy (non-hydrogen) atoms. The molecule has 0 unspecified atom stereocenters. The van der Waals surface area contributed by atoms with Gasteiger partial charge in [-0.25, -0.2) is 4.79 Å². The summed E-state index contributed by atoms with van der Waals surface area (Å²) < 4.78 is 5.14. The van der Waals surface area contributed by atoms with Crippen LogP contribution in [0.1, 0.15) is 46.8 Å². The van der Waals surface area contributed by atoms with Gasteiger partial charge in [-0.3, -0.25) is 0 Å². The minimum atomic E-state index is -0.287. The van der Waals surface area contributed by atoms with Crippen LogP contribution in [-0.4, -0.2) is 12.6 Å². The van der Waals surface area contributed by atoms with Crippen LogP contribution in [0.2, 0.25) is 10.0 Å². The Hall–Kier alpha value is -1.97. The average molecular weight is 388 g/mol. The Morgan fingerprint density at radius 1 is 1.23 bits per heavy atom. The van der Waals surface area contributed by atoms with Gasteiger partial charge < -0.3 is 10.1 Å². The highest BCUT2D eigenvalue weighted by atomic mass is 35.5. The molecule has 4 rings (SSSR count). The summed E-state index contributed by atoms with van der Waals surface area (Å²) >= 11 is 13.0. The second kappa shape index (κ2) is 6.98. The van der Waals surface area contributed by atoms with Crippen molar-refractivity contribution in [1.82, 2.24) is 0 Å². The molecule has 0 saturated carbocycles. The Balaban J connectivity index is 1.76. The molecule has 0 spiro atoms. The topological polar surface area (TPSA) is 38.3 Å². The monoisotopic (exact) mass is 387 g/mol. The van der Waals surface area contributed by atoms with Crippen LogP contribution in [0.4, 0.5) is 5.69 Å². The lowest BCUT2D eigenvalue weighted by molar-refractivity contribution is 0.0526. The zero-order valence-electron chi connectivity index (χ0n) is 14.3. The quantitative estimate of drug-likeness (QED) is 0.518. The van der Waals surface area contributed by atoms with Gasteiger partial charge in [-0.2, -0.15) is 0 Å². The maximum absolute atomic E-state index is 12.1. The number of esters is 1. The zero-order chi connectivity index (χ0) is 18.3. The molecule has 134 valence electrons. The van der Waals surface area contributed by atoms with Crippen LogP contribution in [0.3, 0.4) is 0 Å². The van der Waals surface area contributed by atoms with Crippen LogP contribution < -0.4 is 5.32 Å². The number of rotatable bonds is 3. The maximum Gasteiger partial charge on any atom is 0.338 e. The number of nitrogens with one attached hydrogen (secondary N) is 1. The number of ether oxygens (including phenoxy) is 1. The summed E-state index contributed by atoms with van der Waals surface area (Å²) in [5.41, 5.74) is 3.65. The number of anilines is 1. The first-order valence-corrected chi connectivity index (χ1v) is 9.54. The van der Waals surface area contributed by atoms with E-state index in [4.69, 9.17) is 27.9 Å². The molecule has 1 aliphatic carbocycles. The fraction of sp³-hybridized carbons (Fsp3) is 0.286. The molecular weight excluding hydrogens is 369 g/mol. The molecule has 1 N–H and O–H groups in total. The Morgan fingerprint density at radius 2 is 2.00 bits per heavy atom. The van der Waals surface area contributed by atoms with Crippen molar-refractivity contribution in [2.45, 2.75) is 25.3 Å². The second-order valence-corrected chi connectivity index (χ2v) is 7.45. The molecule has 3 atom stereocenters. The highest BCUT2D eigenvalue weighted by Gasteiger charge is 2.39. The Kier molecular flexibility index (Phi) is 4.68. The van der Waals surface area contributed by atoms with Crippen LogP contribution in [0.25, 0.3) is 0 Å². The van der Waals surface area contributed by atoms with Gasteiger partial charge in [0.2, 0.25) is 0 Å². The minimum Gasteiger partial charge on any atom is -0.462 e. The van der Waals surface area contributed by atoms with E-state index in [1.165, 1.54) is 0 Å². The third-order valence-electron chi connectivity index (χ3n) is 5.18. The summed E-state index contributed by atoms with van der Waals surface area (Å²) in [6.07, 6.45) is 5.35. The van der Waals surface area contributed by atoms with Crippen LogP contribution in [0.15, 0.2) is 48.6 Å². The summed E-state index contributed by atoms with van der Waals surface area (Å²) in [4.78, 5) is 12.1. The summed E-state index contributed by atoms with van der Waals surface area (Å²) in [6, 6.07) is 11.3. The van der Waals surface area contributed by atoms with E-state index < -0.39 is 0 Å². The molecule has 0 saturated heterocycles. The van der Waals surface area contributed by atoms with Gasteiger partial charge in [-0.15, -0.1) is 0 Å². The van der Waals surface area contributed by atoms with Gasteiger partial charge in [-0.1, -0.05) is 41.4 Å². The molecule has 2 aromatic carbocycles. The molecule has 5 heteroatoms. The van der Waals surface area contributed by atoms with Crippen molar-refractivity contribution >= 4 is 34.9 Å². The first kappa shape index (κ1) is 17.4. The van der Waals surface area contributed by atoms with Crippen molar-refractivity contribution in [3.8, 4) is 0 Å². The lowest BCUT2D eigenvalue weighted by Gasteiger charge is -2.38. The number of halogens is 2. The molecule has 0 radical (unpaired) electrons. The number of fused-ring (bicyclic) bond motifs is 3. The van der Waals surface area contributed by atoms with Crippen molar-refractivity contribution in [2.24, 2.45) is 5.92 Å². The van der Waals surface area contributed by atoms with E-state index in [1.807, 2.05) is 37.3 Å². The van der Waals surface area contributed by atoms with Crippen molar-refractivity contribution in [2.75, 3.05) is 11.9 Å². The van der Waals surface area contributed by atoms with Crippen LogP contribution in [0, 0.1) is 5.92 Å². The molecule has 2 aromatic rings. The third-order valence-corrected chi connectivity index (χ3v) is 5.84. The molecule has 0 bridgehead atoms. The van der Waals surface area contributed by atoms with Gasteiger partial charge in [0.1, 0.15) is 0 Å². The molecule has 0 fully saturated rings. The van der Waals surface area contributed by atoms with Crippen molar-refractivity contribution in [1.29, 1.82) is 0 Å². The Bertz CT molecular complexity index is 873. The Labute approximate surface area is 163 Å². The Morgan fingerprint density at radius 3 is 2.73 bits per heavy atom. The van der Waals surface area contributed by atoms with Crippen LogP contribution in [0.5, 0.6) is 0 Å². The first-order chi connectivity index (χ1) is 12.6. The first-order valence-electron chi connectivity index (χ1n) is 8.78. The minimum absolute atomic E-state index is 0.0251. The zero-order valence-corrected chi connectivity index (χ0v) is 15.8. The van der Waals surface area contributed by atoms with E-state index in [9.17, 15) is 4.79 Å². The van der Waals surface area contributed by atoms with Gasteiger partial charge >= 0.3 is 5.97 Å². The second-order valence-electron chi connectivity index (χ2n) is 6.63. The highest BCUT2D eigenvalue weighted by Crippen LogP contribution is 2.52. The number of carbonyl (C=O) groups excluding carboxylic acids is 1. The molecule has 1 heterocycles. The molecule has 0 aromatic heterocycles. The highest BCUT2D eigenvalue weighted by molar-refractivity contribution is 6.36. The SMILES string of the molecule is CCOC(=O)c1ccc2c(c1)[C@@H]1C=CC[C@@H]1[C@H](c1c(Cl)cccc1Cl)N2. The number of carbonyl (C=O) groups is 1. The maximum atomic E-state index is 12.1. The lowest BCUT2D eigenvalue weighted by Crippen LogP contribution is -2.29. The van der Waals surface area contributed by atoms with Gasteiger partial charge in [-0.05, 0) is 55.2 Å². The smallest absolute Gasteiger partial charge is 0.338 e. The van der Waals surface area contributed by atoms with Crippen molar-refractivity contribution < 1.29 is 9.53 Å². The summed E-state index contributed by atoms with van der Waals surface area (Å²) in [6.45, 7) is 2.18. The predicted octanol–water partition coefficient (Wildman–Crippen LogP) is 6.00. The van der Waals surface area contributed by atoms with Gasteiger partial charge in [0.05, 0.1) is 18.2 Å². The van der Waals surface area contributed by atoms with E-state index in [0.29, 0.717) is 28.1 Å². The number of hydrogen-bond acceptors (Lipinski definition) is 3. The van der Waals surface area contributed by atoms with Crippen LogP contribution in [-0.2, 0) is 4.74 Å². The van der Waals surface area contributed by atoms with Crippen molar-refractivity contribution in [3.05, 3.63) is 75.3 Å². The number of hydrogen-bond donors (Lipinski definition) is 1. The number of allylic oxidation sites excluding steroid dienone is 2. The normalized spacial score (nSPS) is 23.1. The van der Waals surface area contributed by atoms with Crippen molar-refractivity contribution in [3.63, 3.8) is 0 Å². The molecule has 0 amide bonds.